The van der Waals surface area contributed by atoms with Crippen LogP contribution < -0.4 is 0 Å². The molecule has 2 aromatic rings. The van der Waals surface area contributed by atoms with E-state index in [0.29, 0.717) is 5.56 Å². The molecule has 0 aromatic heterocycles. The second-order valence-corrected chi connectivity index (χ2v) is 6.64. The molecule has 0 aliphatic carbocycles. The minimum atomic E-state index is -3.45. The van der Waals surface area contributed by atoms with E-state index in [2.05, 4.69) is 0 Å². The first-order valence-corrected chi connectivity index (χ1v) is 7.80. The molecule has 1 unspecified atom stereocenters. The van der Waals surface area contributed by atoms with Crippen LogP contribution >= 0.6 is 0 Å². The third kappa shape index (κ3) is 3.53. The second-order valence-electron chi connectivity index (χ2n) is 4.53. The molecule has 0 amide bonds. The van der Waals surface area contributed by atoms with E-state index in [-0.39, 0.29) is 5.75 Å². The van der Waals surface area contributed by atoms with Crippen molar-refractivity contribution < 1.29 is 18.6 Å². The van der Waals surface area contributed by atoms with Gasteiger partial charge >= 0.3 is 0 Å². The van der Waals surface area contributed by atoms with Gasteiger partial charge in [0, 0.05) is 0 Å². The standard InChI is InChI=1S/C14H16O4S/c15-8-13(16)10-19(17,18)9-12-6-3-5-11-4-1-2-7-14(11)12/h1-7,13,15-16H,8-10H2. The Bertz CT molecular complexity index is 659. The maximum atomic E-state index is 11.9. The number of rotatable bonds is 5. The Morgan fingerprint density at radius 1 is 1.05 bits per heavy atom. The van der Waals surface area contributed by atoms with Crippen molar-refractivity contribution in [1.29, 1.82) is 0 Å². The SMILES string of the molecule is O=S(=O)(Cc1cccc2ccccc12)CC(O)CO. The fourth-order valence-corrected chi connectivity index (χ4v) is 3.60. The molecule has 2 N–H and O–H groups in total. The van der Waals surface area contributed by atoms with Gasteiger partial charge in [0.15, 0.2) is 9.84 Å². The quantitative estimate of drug-likeness (QED) is 0.860. The highest BCUT2D eigenvalue weighted by Gasteiger charge is 2.18. The van der Waals surface area contributed by atoms with E-state index in [1.54, 1.807) is 6.07 Å². The molecule has 0 saturated carbocycles. The number of fused-ring (bicyclic) bond motifs is 1. The highest BCUT2D eigenvalue weighted by atomic mass is 32.2. The van der Waals surface area contributed by atoms with Crippen LogP contribution in [0.4, 0.5) is 0 Å². The fourth-order valence-electron chi connectivity index (χ4n) is 2.06. The van der Waals surface area contributed by atoms with E-state index in [1.807, 2.05) is 36.4 Å². The third-order valence-corrected chi connectivity index (χ3v) is 4.56. The minimum Gasteiger partial charge on any atom is -0.394 e. The Labute approximate surface area is 112 Å². The van der Waals surface area contributed by atoms with Crippen molar-refractivity contribution in [1.82, 2.24) is 0 Å². The summed E-state index contributed by atoms with van der Waals surface area (Å²) in [5.41, 5.74) is 0.711. The van der Waals surface area contributed by atoms with E-state index in [9.17, 15) is 13.5 Å². The van der Waals surface area contributed by atoms with E-state index >= 15 is 0 Å². The molecule has 4 nitrogen and oxygen atoms in total. The van der Waals surface area contributed by atoms with E-state index < -0.39 is 28.3 Å². The van der Waals surface area contributed by atoms with Crippen LogP contribution in [0.1, 0.15) is 5.56 Å². The van der Waals surface area contributed by atoms with E-state index in [4.69, 9.17) is 5.11 Å². The van der Waals surface area contributed by atoms with Gasteiger partial charge < -0.3 is 10.2 Å². The van der Waals surface area contributed by atoms with Crippen LogP contribution in [-0.4, -0.2) is 37.1 Å². The highest BCUT2D eigenvalue weighted by molar-refractivity contribution is 7.90. The molecule has 0 heterocycles. The third-order valence-electron chi connectivity index (χ3n) is 2.91. The van der Waals surface area contributed by atoms with Gasteiger partial charge in [-0.2, -0.15) is 0 Å². The number of aliphatic hydroxyl groups is 2. The van der Waals surface area contributed by atoms with Crippen molar-refractivity contribution >= 4 is 20.6 Å². The smallest absolute Gasteiger partial charge is 0.157 e. The first-order valence-electron chi connectivity index (χ1n) is 5.98. The molecule has 2 rings (SSSR count). The average Bonchev–Trinajstić information content (AvgIpc) is 2.38. The van der Waals surface area contributed by atoms with Gasteiger partial charge in [-0.1, -0.05) is 42.5 Å². The lowest BCUT2D eigenvalue weighted by molar-refractivity contribution is 0.112. The lowest BCUT2D eigenvalue weighted by Crippen LogP contribution is -2.25. The van der Waals surface area contributed by atoms with Crippen LogP contribution in [0.3, 0.4) is 0 Å². The zero-order valence-electron chi connectivity index (χ0n) is 10.4. The Morgan fingerprint density at radius 3 is 2.47 bits per heavy atom. The van der Waals surface area contributed by atoms with Crippen LogP contribution in [0.5, 0.6) is 0 Å². The molecule has 19 heavy (non-hydrogen) atoms. The van der Waals surface area contributed by atoms with E-state index in [0.717, 1.165) is 10.8 Å². The van der Waals surface area contributed by atoms with Crippen LogP contribution in [0, 0.1) is 0 Å². The topological polar surface area (TPSA) is 74.6 Å². The molecule has 1 atom stereocenters. The molecule has 0 spiro atoms. The summed E-state index contributed by atoms with van der Waals surface area (Å²) in [5, 5.41) is 19.9. The van der Waals surface area contributed by atoms with Crippen molar-refractivity contribution in [3.63, 3.8) is 0 Å². The molecule has 0 saturated heterocycles. The number of hydrogen-bond acceptors (Lipinski definition) is 4. The predicted octanol–water partition coefficient (Wildman–Crippen LogP) is 1.11. The van der Waals surface area contributed by atoms with Crippen molar-refractivity contribution in [2.24, 2.45) is 0 Å². The van der Waals surface area contributed by atoms with Gasteiger partial charge in [-0.25, -0.2) is 8.42 Å². The van der Waals surface area contributed by atoms with Crippen LogP contribution in [-0.2, 0) is 15.6 Å². The normalized spacial score (nSPS) is 13.6. The zero-order chi connectivity index (χ0) is 13.9. The summed E-state index contributed by atoms with van der Waals surface area (Å²) in [7, 11) is -3.45. The number of hydrogen-bond donors (Lipinski definition) is 2. The van der Waals surface area contributed by atoms with Gasteiger partial charge in [-0.05, 0) is 16.3 Å². The largest absolute Gasteiger partial charge is 0.394 e. The summed E-state index contributed by atoms with van der Waals surface area (Å²) in [5.74, 6) is -0.557. The summed E-state index contributed by atoms with van der Waals surface area (Å²) < 4.78 is 23.9. The first-order chi connectivity index (χ1) is 9.02. The van der Waals surface area contributed by atoms with Crippen molar-refractivity contribution in [2.45, 2.75) is 11.9 Å². The van der Waals surface area contributed by atoms with Gasteiger partial charge in [0.05, 0.1) is 24.2 Å². The number of sulfone groups is 1. The molecule has 0 radical (unpaired) electrons. The van der Waals surface area contributed by atoms with Crippen LogP contribution in [0.2, 0.25) is 0 Å². The van der Waals surface area contributed by atoms with Gasteiger partial charge in [0.25, 0.3) is 0 Å². The Hall–Kier alpha value is -1.43. The van der Waals surface area contributed by atoms with E-state index in [1.165, 1.54) is 0 Å². The molecular weight excluding hydrogens is 264 g/mol. The maximum Gasteiger partial charge on any atom is 0.157 e. The second kappa shape index (κ2) is 5.69. The number of benzene rings is 2. The van der Waals surface area contributed by atoms with Crippen molar-refractivity contribution in [3.8, 4) is 0 Å². The van der Waals surface area contributed by atoms with Gasteiger partial charge in [0.2, 0.25) is 0 Å². The van der Waals surface area contributed by atoms with Crippen LogP contribution in [0.15, 0.2) is 42.5 Å². The van der Waals surface area contributed by atoms with Gasteiger partial charge in [0.1, 0.15) is 0 Å². The summed E-state index contributed by atoms with van der Waals surface area (Å²) in [6, 6.07) is 13.1. The monoisotopic (exact) mass is 280 g/mol. The molecule has 2 aromatic carbocycles. The summed E-state index contributed by atoms with van der Waals surface area (Å²) in [6.07, 6.45) is -1.22. The summed E-state index contributed by atoms with van der Waals surface area (Å²) in [4.78, 5) is 0. The molecule has 0 fully saturated rings. The Kier molecular flexibility index (Phi) is 4.19. The van der Waals surface area contributed by atoms with Crippen molar-refractivity contribution in [2.75, 3.05) is 12.4 Å². The lowest BCUT2D eigenvalue weighted by atomic mass is 10.1. The zero-order valence-corrected chi connectivity index (χ0v) is 11.2. The Balaban J connectivity index is 2.31. The molecule has 0 aliphatic heterocycles. The summed E-state index contributed by atoms with van der Waals surface area (Å²) >= 11 is 0. The highest BCUT2D eigenvalue weighted by Crippen LogP contribution is 2.20. The van der Waals surface area contributed by atoms with Gasteiger partial charge in [-0.15, -0.1) is 0 Å². The molecule has 0 bridgehead atoms. The molecule has 102 valence electrons. The fraction of sp³-hybridized carbons (Fsp3) is 0.286. The van der Waals surface area contributed by atoms with Crippen molar-refractivity contribution in [3.05, 3.63) is 48.0 Å². The molecular formula is C14H16O4S. The van der Waals surface area contributed by atoms with Crippen LogP contribution in [0.25, 0.3) is 10.8 Å². The first kappa shape index (κ1) is 14.0. The minimum absolute atomic E-state index is 0.134. The molecule has 0 aliphatic rings. The maximum absolute atomic E-state index is 11.9. The summed E-state index contributed by atoms with van der Waals surface area (Å²) in [6.45, 7) is -0.547. The average molecular weight is 280 g/mol. The molecule has 5 heteroatoms. The lowest BCUT2D eigenvalue weighted by Gasteiger charge is -2.10. The predicted molar refractivity (Wildman–Crippen MR) is 74.5 cm³/mol. The van der Waals surface area contributed by atoms with Gasteiger partial charge in [-0.3, -0.25) is 0 Å². The Morgan fingerprint density at radius 2 is 1.74 bits per heavy atom. The number of aliphatic hydroxyl groups excluding tert-OH is 2.